The van der Waals surface area contributed by atoms with Crippen LogP contribution in [0.5, 0.6) is 0 Å². The molecule has 0 saturated carbocycles. The number of nitrogen functional groups attached to an aromatic ring is 1. The summed E-state index contributed by atoms with van der Waals surface area (Å²) in [6.45, 7) is 0. The molecule has 0 aliphatic heterocycles. The first-order valence-corrected chi connectivity index (χ1v) is 4.20. The van der Waals surface area contributed by atoms with Crippen molar-refractivity contribution >= 4 is 27.7 Å². The van der Waals surface area contributed by atoms with Gasteiger partial charge in [-0.25, -0.2) is 18.6 Å². The quantitative estimate of drug-likeness (QED) is 0.859. The molecule has 14 heavy (non-hydrogen) atoms. The summed E-state index contributed by atoms with van der Waals surface area (Å²) in [6.07, 6.45) is -2.91. The zero-order chi connectivity index (χ0) is 10.9. The van der Waals surface area contributed by atoms with Crippen molar-refractivity contribution in [1.82, 2.24) is 4.98 Å². The Morgan fingerprint density at radius 1 is 1.64 bits per heavy atom. The fourth-order valence-corrected chi connectivity index (χ4v) is 1.51. The van der Waals surface area contributed by atoms with Gasteiger partial charge in [-0.05, 0) is 6.07 Å². The molecule has 0 radical (unpaired) electrons. The molecule has 0 unspecified atom stereocenters. The van der Waals surface area contributed by atoms with Crippen LogP contribution in [0, 0.1) is 0 Å². The molecule has 0 fully saturated rings. The number of anilines is 1. The highest BCUT2D eigenvalue weighted by Crippen LogP contribution is 2.30. The maximum atomic E-state index is 12.4. The van der Waals surface area contributed by atoms with Gasteiger partial charge in [-0.15, -0.1) is 0 Å². The van der Waals surface area contributed by atoms with Crippen LogP contribution in [0.3, 0.4) is 0 Å². The first-order chi connectivity index (χ1) is 6.43. The van der Waals surface area contributed by atoms with Crippen LogP contribution < -0.4 is 5.73 Å². The third-order valence-electron chi connectivity index (χ3n) is 1.45. The maximum absolute atomic E-state index is 12.4. The minimum absolute atomic E-state index is 0.0580. The number of aromatic carboxylic acids is 1. The van der Waals surface area contributed by atoms with Crippen LogP contribution >= 0.6 is 15.9 Å². The summed E-state index contributed by atoms with van der Waals surface area (Å²) in [5.74, 6) is -1.66. The van der Waals surface area contributed by atoms with Crippen molar-refractivity contribution in [1.29, 1.82) is 0 Å². The van der Waals surface area contributed by atoms with Crippen LogP contribution in [-0.2, 0) is 0 Å². The lowest BCUT2D eigenvalue weighted by Gasteiger charge is -2.07. The molecular weight excluding hydrogens is 262 g/mol. The smallest absolute Gasteiger partial charge is 0.355 e. The monoisotopic (exact) mass is 266 g/mol. The number of hydrogen-bond donors (Lipinski definition) is 2. The molecule has 1 rings (SSSR count). The molecule has 0 aliphatic rings. The molecule has 0 atom stereocenters. The van der Waals surface area contributed by atoms with Gasteiger partial charge in [0.25, 0.3) is 6.43 Å². The number of carboxylic acids is 1. The standard InChI is InChI=1S/C7H5BrF2N2O2/c8-2-1-3(11)12-5(7(13)14)4(2)6(9)10/h1,6H,(H2,11,12)(H,13,14). The lowest BCUT2D eigenvalue weighted by Crippen LogP contribution is -2.09. The lowest BCUT2D eigenvalue weighted by molar-refractivity contribution is 0.0677. The normalized spacial score (nSPS) is 10.6. The number of carboxylic acid groups (broad SMARTS) is 1. The Bertz CT molecular complexity index is 384. The van der Waals surface area contributed by atoms with Gasteiger partial charge in [0.1, 0.15) is 5.82 Å². The van der Waals surface area contributed by atoms with Crippen molar-refractivity contribution < 1.29 is 18.7 Å². The van der Waals surface area contributed by atoms with E-state index >= 15 is 0 Å². The maximum Gasteiger partial charge on any atom is 0.355 e. The second-order valence-corrected chi connectivity index (χ2v) is 3.25. The molecule has 1 heterocycles. The number of halogens is 3. The average Bonchev–Trinajstić information content (AvgIpc) is 2.01. The van der Waals surface area contributed by atoms with Gasteiger partial charge in [-0.1, -0.05) is 15.9 Å². The Morgan fingerprint density at radius 2 is 2.21 bits per heavy atom. The first-order valence-electron chi connectivity index (χ1n) is 3.41. The van der Waals surface area contributed by atoms with E-state index in [1.807, 2.05) is 0 Å². The Balaban J connectivity index is 3.44. The lowest BCUT2D eigenvalue weighted by atomic mass is 10.2. The fourth-order valence-electron chi connectivity index (χ4n) is 0.913. The van der Waals surface area contributed by atoms with Gasteiger partial charge in [0.15, 0.2) is 5.69 Å². The Hall–Kier alpha value is -1.24. The zero-order valence-corrected chi connectivity index (χ0v) is 8.25. The molecule has 0 aromatic carbocycles. The van der Waals surface area contributed by atoms with E-state index in [-0.39, 0.29) is 10.3 Å². The highest BCUT2D eigenvalue weighted by Gasteiger charge is 2.23. The van der Waals surface area contributed by atoms with Crippen LogP contribution in [0.2, 0.25) is 0 Å². The first kappa shape index (κ1) is 10.8. The largest absolute Gasteiger partial charge is 0.476 e. The van der Waals surface area contributed by atoms with Crippen molar-refractivity contribution in [2.45, 2.75) is 6.43 Å². The van der Waals surface area contributed by atoms with E-state index in [4.69, 9.17) is 10.8 Å². The van der Waals surface area contributed by atoms with E-state index in [0.29, 0.717) is 0 Å². The third-order valence-corrected chi connectivity index (χ3v) is 2.10. The minimum atomic E-state index is -2.91. The van der Waals surface area contributed by atoms with Gasteiger partial charge >= 0.3 is 5.97 Å². The number of carbonyl (C=O) groups is 1. The van der Waals surface area contributed by atoms with E-state index < -0.39 is 23.7 Å². The summed E-state index contributed by atoms with van der Waals surface area (Å²) in [6, 6.07) is 1.13. The van der Waals surface area contributed by atoms with Crippen LogP contribution in [-0.4, -0.2) is 16.1 Å². The number of rotatable bonds is 2. The summed E-state index contributed by atoms with van der Waals surface area (Å²) >= 11 is 2.80. The fraction of sp³-hybridized carbons (Fsp3) is 0.143. The molecule has 1 aromatic heterocycles. The average molecular weight is 267 g/mol. The highest BCUT2D eigenvalue weighted by atomic mass is 79.9. The number of alkyl halides is 2. The number of aromatic nitrogens is 1. The minimum Gasteiger partial charge on any atom is -0.476 e. The molecule has 0 saturated heterocycles. The van der Waals surface area contributed by atoms with Gasteiger partial charge < -0.3 is 10.8 Å². The molecule has 0 aliphatic carbocycles. The number of pyridine rings is 1. The van der Waals surface area contributed by atoms with E-state index in [1.165, 1.54) is 0 Å². The van der Waals surface area contributed by atoms with Gasteiger partial charge in [0, 0.05) is 4.47 Å². The van der Waals surface area contributed by atoms with E-state index in [1.54, 1.807) is 0 Å². The van der Waals surface area contributed by atoms with Crippen molar-refractivity contribution in [3.63, 3.8) is 0 Å². The van der Waals surface area contributed by atoms with Crippen LogP contribution in [0.4, 0.5) is 14.6 Å². The SMILES string of the molecule is Nc1cc(Br)c(C(F)F)c(C(=O)O)n1. The summed E-state index contributed by atoms with van der Waals surface area (Å²) in [4.78, 5) is 13.9. The molecule has 0 bridgehead atoms. The highest BCUT2D eigenvalue weighted by molar-refractivity contribution is 9.10. The summed E-state index contributed by atoms with van der Waals surface area (Å²) in [5, 5.41) is 8.59. The van der Waals surface area contributed by atoms with Crippen molar-refractivity contribution in [2.24, 2.45) is 0 Å². The molecule has 0 spiro atoms. The van der Waals surface area contributed by atoms with Gasteiger partial charge in [0.05, 0.1) is 5.56 Å². The van der Waals surface area contributed by atoms with Crippen molar-refractivity contribution in [3.8, 4) is 0 Å². The Kier molecular flexibility index (Phi) is 3.00. The van der Waals surface area contributed by atoms with E-state index in [2.05, 4.69) is 20.9 Å². The van der Waals surface area contributed by atoms with Crippen LogP contribution in [0.1, 0.15) is 22.5 Å². The zero-order valence-electron chi connectivity index (χ0n) is 6.67. The van der Waals surface area contributed by atoms with Gasteiger partial charge in [0.2, 0.25) is 0 Å². The molecular formula is C7H5BrF2N2O2. The molecule has 76 valence electrons. The second kappa shape index (κ2) is 3.87. The summed E-state index contributed by atoms with van der Waals surface area (Å²) < 4.78 is 24.8. The third kappa shape index (κ3) is 1.98. The van der Waals surface area contributed by atoms with Crippen LogP contribution in [0.15, 0.2) is 10.5 Å². The molecule has 7 heteroatoms. The van der Waals surface area contributed by atoms with Gasteiger partial charge in [-0.2, -0.15) is 0 Å². The summed E-state index contributed by atoms with van der Waals surface area (Å²) in [7, 11) is 0. The van der Waals surface area contributed by atoms with E-state index in [9.17, 15) is 13.6 Å². The van der Waals surface area contributed by atoms with Gasteiger partial charge in [-0.3, -0.25) is 0 Å². The topological polar surface area (TPSA) is 76.2 Å². The second-order valence-electron chi connectivity index (χ2n) is 2.40. The Morgan fingerprint density at radius 3 is 2.64 bits per heavy atom. The Labute approximate surface area is 85.9 Å². The number of hydrogen-bond acceptors (Lipinski definition) is 3. The molecule has 0 amide bonds. The number of nitrogens with two attached hydrogens (primary N) is 1. The van der Waals surface area contributed by atoms with Crippen LogP contribution in [0.25, 0.3) is 0 Å². The van der Waals surface area contributed by atoms with Crippen molar-refractivity contribution in [2.75, 3.05) is 5.73 Å². The molecule has 3 N–H and O–H groups in total. The predicted octanol–water partition coefficient (Wildman–Crippen LogP) is 2.06. The predicted molar refractivity (Wildman–Crippen MR) is 48.3 cm³/mol. The molecule has 4 nitrogen and oxygen atoms in total. The van der Waals surface area contributed by atoms with Crippen molar-refractivity contribution in [3.05, 3.63) is 21.8 Å². The summed E-state index contributed by atoms with van der Waals surface area (Å²) in [5.41, 5.74) is 3.83. The molecule has 1 aromatic rings. The number of nitrogens with zero attached hydrogens (tertiary/aromatic N) is 1. The van der Waals surface area contributed by atoms with E-state index in [0.717, 1.165) is 6.07 Å².